The van der Waals surface area contributed by atoms with Gasteiger partial charge in [0.25, 0.3) is 0 Å². The normalized spacial score (nSPS) is 18.9. The van der Waals surface area contributed by atoms with E-state index in [9.17, 15) is 13.2 Å². The summed E-state index contributed by atoms with van der Waals surface area (Å²) in [6.07, 6.45) is 0. The summed E-state index contributed by atoms with van der Waals surface area (Å²) in [4.78, 5) is 10.8. The lowest BCUT2D eigenvalue weighted by molar-refractivity contribution is 0.0696. The lowest BCUT2D eigenvalue weighted by Crippen LogP contribution is -2.28. The largest absolute Gasteiger partial charge is 0.478 e. The first-order valence-corrected chi connectivity index (χ1v) is 6.44. The molecule has 2 rings (SSSR count). The Morgan fingerprint density at radius 2 is 2.18 bits per heavy atom. The van der Waals surface area contributed by atoms with Crippen LogP contribution >= 0.6 is 0 Å². The van der Waals surface area contributed by atoms with Crippen LogP contribution in [0.1, 0.15) is 10.4 Å². The number of anilines is 1. The van der Waals surface area contributed by atoms with Gasteiger partial charge in [0.1, 0.15) is 4.90 Å². The van der Waals surface area contributed by atoms with Crippen LogP contribution in [0.25, 0.3) is 0 Å². The van der Waals surface area contributed by atoms with E-state index in [2.05, 4.69) is 5.32 Å². The summed E-state index contributed by atoms with van der Waals surface area (Å²) in [5.74, 6) is -1.14. The first-order chi connectivity index (χ1) is 7.93. The van der Waals surface area contributed by atoms with E-state index < -0.39 is 16.0 Å². The van der Waals surface area contributed by atoms with Gasteiger partial charge in [0.15, 0.2) is 0 Å². The van der Waals surface area contributed by atoms with Crippen LogP contribution in [-0.4, -0.2) is 43.9 Å². The Morgan fingerprint density at radius 1 is 1.47 bits per heavy atom. The Morgan fingerprint density at radius 3 is 2.82 bits per heavy atom. The van der Waals surface area contributed by atoms with Gasteiger partial charge >= 0.3 is 5.97 Å². The molecule has 17 heavy (non-hydrogen) atoms. The molecule has 1 heterocycles. The molecule has 92 valence electrons. The topological polar surface area (TPSA) is 86.7 Å². The number of benzene rings is 1. The molecule has 1 aromatic carbocycles. The summed E-state index contributed by atoms with van der Waals surface area (Å²) in [5.41, 5.74) is 0.406. The quantitative estimate of drug-likeness (QED) is 0.761. The minimum Gasteiger partial charge on any atom is -0.478 e. The first kappa shape index (κ1) is 11.9. The van der Waals surface area contributed by atoms with Crippen LogP contribution in [0.5, 0.6) is 0 Å². The number of carboxylic acid groups (broad SMARTS) is 1. The van der Waals surface area contributed by atoms with Crippen molar-refractivity contribution in [1.29, 1.82) is 0 Å². The van der Waals surface area contributed by atoms with Crippen molar-refractivity contribution in [2.75, 3.05) is 25.5 Å². The number of aromatic carboxylic acids is 1. The Hall–Kier alpha value is -1.60. The summed E-state index contributed by atoms with van der Waals surface area (Å²) in [7, 11) is -2.13. The summed E-state index contributed by atoms with van der Waals surface area (Å²) >= 11 is 0. The van der Waals surface area contributed by atoms with Crippen molar-refractivity contribution in [2.45, 2.75) is 4.90 Å². The number of carboxylic acids is 1. The summed E-state index contributed by atoms with van der Waals surface area (Å²) in [6, 6.07) is 4.05. The second-order valence-electron chi connectivity index (χ2n) is 3.77. The molecular weight excluding hydrogens is 244 g/mol. The van der Waals surface area contributed by atoms with E-state index in [1.807, 2.05) is 0 Å². The van der Waals surface area contributed by atoms with Crippen LogP contribution in [-0.2, 0) is 10.0 Å². The van der Waals surface area contributed by atoms with Gasteiger partial charge in [-0.25, -0.2) is 13.2 Å². The Labute approximate surface area is 98.9 Å². The van der Waals surface area contributed by atoms with E-state index in [0.717, 1.165) is 0 Å². The highest BCUT2D eigenvalue weighted by atomic mass is 32.2. The molecule has 1 aliphatic heterocycles. The van der Waals surface area contributed by atoms with E-state index in [0.29, 0.717) is 18.8 Å². The Kier molecular flexibility index (Phi) is 2.80. The van der Waals surface area contributed by atoms with E-state index >= 15 is 0 Å². The molecule has 1 aromatic rings. The number of likely N-dealkylation sites (N-methyl/N-ethyl adjacent to an activating group) is 1. The van der Waals surface area contributed by atoms with Gasteiger partial charge in [-0.3, -0.25) is 0 Å². The van der Waals surface area contributed by atoms with E-state index in [1.165, 1.54) is 29.6 Å². The SMILES string of the molecule is CN1CCNc2ccc(C(=O)O)cc2S1(=O)=O. The third kappa shape index (κ3) is 1.98. The van der Waals surface area contributed by atoms with Crippen LogP contribution in [0, 0.1) is 0 Å². The summed E-state index contributed by atoms with van der Waals surface area (Å²) in [5, 5.41) is 11.8. The molecular formula is C10H12N2O4S. The van der Waals surface area contributed by atoms with Crippen molar-refractivity contribution in [3.63, 3.8) is 0 Å². The van der Waals surface area contributed by atoms with Crippen molar-refractivity contribution in [3.8, 4) is 0 Å². The second-order valence-corrected chi connectivity index (χ2v) is 5.78. The number of nitrogens with zero attached hydrogens (tertiary/aromatic N) is 1. The Balaban J connectivity index is 2.65. The lowest BCUT2D eigenvalue weighted by atomic mass is 10.2. The number of carbonyl (C=O) groups is 1. The average molecular weight is 256 g/mol. The van der Waals surface area contributed by atoms with Crippen molar-refractivity contribution in [2.24, 2.45) is 0 Å². The zero-order valence-corrected chi connectivity index (χ0v) is 9.99. The number of sulfonamides is 1. The summed E-state index contributed by atoms with van der Waals surface area (Å²) < 4.78 is 25.4. The fourth-order valence-corrected chi connectivity index (χ4v) is 3.01. The lowest BCUT2D eigenvalue weighted by Gasteiger charge is -2.13. The molecule has 0 bridgehead atoms. The van der Waals surface area contributed by atoms with Crippen molar-refractivity contribution in [1.82, 2.24) is 4.31 Å². The standard InChI is InChI=1S/C10H12N2O4S/c1-12-5-4-11-8-3-2-7(10(13)14)6-9(8)17(12,15)16/h2-3,6,11H,4-5H2,1H3,(H,13,14). The molecule has 0 spiro atoms. The molecule has 0 saturated carbocycles. The van der Waals surface area contributed by atoms with Gasteiger partial charge in [-0.2, -0.15) is 4.31 Å². The fraction of sp³-hybridized carbons (Fsp3) is 0.300. The highest BCUT2D eigenvalue weighted by Crippen LogP contribution is 2.27. The summed E-state index contributed by atoms with van der Waals surface area (Å²) in [6.45, 7) is 0.842. The van der Waals surface area contributed by atoms with E-state index in [1.54, 1.807) is 0 Å². The zero-order valence-electron chi connectivity index (χ0n) is 9.17. The molecule has 2 N–H and O–H groups in total. The van der Waals surface area contributed by atoms with E-state index in [4.69, 9.17) is 5.11 Å². The predicted molar refractivity (Wildman–Crippen MR) is 61.7 cm³/mol. The van der Waals surface area contributed by atoms with Crippen LogP contribution in [0.4, 0.5) is 5.69 Å². The van der Waals surface area contributed by atoms with Gasteiger partial charge in [-0.15, -0.1) is 0 Å². The molecule has 0 atom stereocenters. The first-order valence-electron chi connectivity index (χ1n) is 5.00. The third-order valence-corrected chi connectivity index (χ3v) is 4.56. The van der Waals surface area contributed by atoms with E-state index in [-0.39, 0.29) is 10.5 Å². The van der Waals surface area contributed by atoms with Crippen LogP contribution < -0.4 is 5.32 Å². The maximum absolute atomic E-state index is 12.1. The van der Waals surface area contributed by atoms with Crippen molar-refractivity contribution < 1.29 is 18.3 Å². The molecule has 0 unspecified atom stereocenters. The number of rotatable bonds is 1. The van der Waals surface area contributed by atoms with Gasteiger partial charge < -0.3 is 10.4 Å². The molecule has 1 aliphatic rings. The van der Waals surface area contributed by atoms with Gasteiger partial charge in [0, 0.05) is 20.1 Å². The highest BCUT2D eigenvalue weighted by molar-refractivity contribution is 7.89. The fourth-order valence-electron chi connectivity index (χ4n) is 1.65. The molecule has 0 amide bonds. The second kappa shape index (κ2) is 4.01. The molecule has 0 aromatic heterocycles. The van der Waals surface area contributed by atoms with Gasteiger partial charge in [0.05, 0.1) is 11.3 Å². The molecule has 0 fully saturated rings. The van der Waals surface area contributed by atoms with Crippen LogP contribution in [0.2, 0.25) is 0 Å². The third-order valence-electron chi connectivity index (χ3n) is 2.66. The molecule has 0 saturated heterocycles. The minimum absolute atomic E-state index is 0.0115. The smallest absolute Gasteiger partial charge is 0.335 e. The molecule has 7 heteroatoms. The van der Waals surface area contributed by atoms with Crippen molar-refractivity contribution >= 4 is 21.7 Å². The van der Waals surface area contributed by atoms with Gasteiger partial charge in [-0.05, 0) is 18.2 Å². The minimum atomic E-state index is -3.61. The average Bonchev–Trinajstić information content (AvgIpc) is 2.38. The predicted octanol–water partition coefficient (Wildman–Crippen LogP) is 0.431. The molecule has 0 aliphatic carbocycles. The molecule has 6 nitrogen and oxygen atoms in total. The number of nitrogens with one attached hydrogen (secondary N) is 1. The Bertz CT molecular complexity index is 568. The van der Waals surface area contributed by atoms with Gasteiger partial charge in [-0.1, -0.05) is 0 Å². The number of fused-ring (bicyclic) bond motifs is 1. The maximum Gasteiger partial charge on any atom is 0.335 e. The molecule has 0 radical (unpaired) electrons. The van der Waals surface area contributed by atoms with Gasteiger partial charge in [0.2, 0.25) is 10.0 Å². The number of hydrogen-bond donors (Lipinski definition) is 2. The highest BCUT2D eigenvalue weighted by Gasteiger charge is 2.27. The monoisotopic (exact) mass is 256 g/mol. The van der Waals surface area contributed by atoms with Crippen molar-refractivity contribution in [3.05, 3.63) is 23.8 Å². The maximum atomic E-state index is 12.1. The van der Waals surface area contributed by atoms with Crippen LogP contribution in [0.3, 0.4) is 0 Å². The zero-order chi connectivity index (χ0) is 12.6. The number of hydrogen-bond acceptors (Lipinski definition) is 4. The van der Waals surface area contributed by atoms with Crippen LogP contribution in [0.15, 0.2) is 23.1 Å².